The van der Waals surface area contributed by atoms with Crippen LogP contribution in [0.25, 0.3) is 0 Å². The van der Waals surface area contributed by atoms with Crippen molar-refractivity contribution < 1.29 is 9.53 Å². The molecule has 0 aliphatic rings. The van der Waals surface area contributed by atoms with Gasteiger partial charge < -0.3 is 14.4 Å². The van der Waals surface area contributed by atoms with E-state index in [4.69, 9.17) is 4.74 Å². The summed E-state index contributed by atoms with van der Waals surface area (Å²) in [7, 11) is 1.66. The van der Waals surface area contributed by atoms with E-state index in [1.165, 1.54) is 0 Å². The van der Waals surface area contributed by atoms with Crippen molar-refractivity contribution >= 4 is 43.8 Å². The van der Waals surface area contributed by atoms with Crippen molar-refractivity contribution in [3.8, 4) is 5.75 Å². The molecule has 0 bridgehead atoms. The SMILES string of the molecule is [CH2]c1ccc(OC)c(C(CC=O)c2cccc(N(CCBr)CCBr)c2)c1. The Kier molecular flexibility index (Phi) is 8.66. The third-order valence-electron chi connectivity index (χ3n) is 4.35. The number of hydrogen-bond acceptors (Lipinski definition) is 3. The summed E-state index contributed by atoms with van der Waals surface area (Å²) in [6.45, 7) is 5.87. The molecule has 26 heavy (non-hydrogen) atoms. The van der Waals surface area contributed by atoms with E-state index in [9.17, 15) is 4.79 Å². The lowest BCUT2D eigenvalue weighted by atomic mass is 9.87. The van der Waals surface area contributed by atoms with Crippen molar-refractivity contribution in [1.29, 1.82) is 0 Å². The largest absolute Gasteiger partial charge is 0.496 e. The number of carbonyl (C=O) groups is 1. The molecular formula is C21H24Br2NO2. The number of aldehydes is 1. The Morgan fingerprint density at radius 1 is 1.15 bits per heavy atom. The van der Waals surface area contributed by atoms with Gasteiger partial charge in [0.15, 0.2) is 0 Å². The zero-order valence-electron chi connectivity index (χ0n) is 15.0. The van der Waals surface area contributed by atoms with Crippen LogP contribution in [-0.2, 0) is 4.79 Å². The van der Waals surface area contributed by atoms with Gasteiger partial charge in [0, 0.05) is 47.3 Å². The first-order valence-corrected chi connectivity index (χ1v) is 10.8. The molecule has 3 nitrogen and oxygen atoms in total. The molecule has 0 heterocycles. The van der Waals surface area contributed by atoms with Crippen LogP contribution in [0.4, 0.5) is 5.69 Å². The van der Waals surface area contributed by atoms with Gasteiger partial charge in [0.2, 0.25) is 0 Å². The molecule has 2 rings (SSSR count). The maximum absolute atomic E-state index is 11.4. The van der Waals surface area contributed by atoms with Crippen molar-refractivity contribution in [2.24, 2.45) is 0 Å². The maximum atomic E-state index is 11.4. The average Bonchev–Trinajstić information content (AvgIpc) is 2.66. The molecular weight excluding hydrogens is 458 g/mol. The maximum Gasteiger partial charge on any atom is 0.122 e. The first-order chi connectivity index (χ1) is 12.6. The topological polar surface area (TPSA) is 29.5 Å². The Bertz CT molecular complexity index is 715. The smallest absolute Gasteiger partial charge is 0.122 e. The number of methoxy groups -OCH3 is 1. The summed E-state index contributed by atoms with van der Waals surface area (Å²) in [5, 5.41) is 1.80. The van der Waals surface area contributed by atoms with Crippen LogP contribution in [0.3, 0.4) is 0 Å². The summed E-state index contributed by atoms with van der Waals surface area (Å²) < 4.78 is 5.54. The summed E-state index contributed by atoms with van der Waals surface area (Å²) in [6.07, 6.45) is 1.38. The van der Waals surface area contributed by atoms with Crippen molar-refractivity contribution in [1.82, 2.24) is 0 Å². The first kappa shape index (κ1) is 21.0. The average molecular weight is 482 g/mol. The molecule has 1 atom stereocenters. The summed E-state index contributed by atoms with van der Waals surface area (Å²) in [5.74, 6) is 0.728. The van der Waals surface area contributed by atoms with Gasteiger partial charge in [0.1, 0.15) is 12.0 Å². The van der Waals surface area contributed by atoms with E-state index in [0.29, 0.717) is 6.42 Å². The second-order valence-corrected chi connectivity index (χ2v) is 7.58. The van der Waals surface area contributed by atoms with E-state index in [0.717, 1.165) is 58.2 Å². The number of halogens is 2. The van der Waals surface area contributed by atoms with Gasteiger partial charge in [0.05, 0.1) is 7.11 Å². The van der Waals surface area contributed by atoms with Crippen LogP contribution in [0.15, 0.2) is 42.5 Å². The molecule has 0 aliphatic heterocycles. The van der Waals surface area contributed by atoms with Crippen LogP contribution >= 0.6 is 31.9 Å². The van der Waals surface area contributed by atoms with Gasteiger partial charge in [-0.25, -0.2) is 0 Å². The quantitative estimate of drug-likeness (QED) is 0.345. The Hall–Kier alpha value is -1.33. The highest BCUT2D eigenvalue weighted by Gasteiger charge is 2.19. The number of nitrogens with zero attached hydrogens (tertiary/aromatic N) is 1. The molecule has 0 aliphatic carbocycles. The van der Waals surface area contributed by atoms with E-state index in [1.807, 2.05) is 18.2 Å². The first-order valence-electron chi connectivity index (χ1n) is 8.55. The normalized spacial score (nSPS) is 11.8. The third kappa shape index (κ3) is 5.34. The molecule has 0 amide bonds. The molecule has 5 heteroatoms. The number of rotatable bonds is 10. The predicted octanol–water partition coefficient (Wildman–Crippen LogP) is 5.19. The number of hydrogen-bond donors (Lipinski definition) is 0. The summed E-state index contributed by atoms with van der Waals surface area (Å²) >= 11 is 7.05. The number of ether oxygens (including phenoxy) is 1. The Morgan fingerprint density at radius 2 is 1.88 bits per heavy atom. The molecule has 0 aromatic heterocycles. The second kappa shape index (κ2) is 10.7. The lowest BCUT2D eigenvalue weighted by molar-refractivity contribution is -0.108. The van der Waals surface area contributed by atoms with Gasteiger partial charge >= 0.3 is 0 Å². The van der Waals surface area contributed by atoms with E-state index in [1.54, 1.807) is 7.11 Å². The molecule has 0 saturated heterocycles. The summed E-state index contributed by atoms with van der Waals surface area (Å²) in [4.78, 5) is 13.7. The minimum absolute atomic E-state index is 0.0566. The number of anilines is 1. The molecule has 1 radical (unpaired) electrons. The Balaban J connectivity index is 2.46. The fraction of sp³-hybridized carbons (Fsp3) is 0.333. The van der Waals surface area contributed by atoms with Gasteiger partial charge in [0.25, 0.3) is 0 Å². The molecule has 0 N–H and O–H groups in total. The second-order valence-electron chi connectivity index (χ2n) is 5.99. The molecule has 139 valence electrons. The Morgan fingerprint density at radius 3 is 2.50 bits per heavy atom. The fourth-order valence-corrected chi connectivity index (χ4v) is 3.96. The lowest BCUT2D eigenvalue weighted by Crippen LogP contribution is -2.27. The molecule has 2 aromatic rings. The zero-order valence-corrected chi connectivity index (χ0v) is 18.1. The monoisotopic (exact) mass is 480 g/mol. The fourth-order valence-electron chi connectivity index (χ4n) is 3.11. The third-order valence-corrected chi connectivity index (χ3v) is 5.06. The van der Waals surface area contributed by atoms with Crippen LogP contribution in [0.2, 0.25) is 0 Å². The minimum Gasteiger partial charge on any atom is -0.496 e. The van der Waals surface area contributed by atoms with Gasteiger partial charge in [-0.15, -0.1) is 0 Å². The van der Waals surface area contributed by atoms with E-state index in [2.05, 4.69) is 67.9 Å². The van der Waals surface area contributed by atoms with Crippen LogP contribution in [0.5, 0.6) is 5.75 Å². The molecule has 0 spiro atoms. The zero-order chi connectivity index (χ0) is 18.9. The van der Waals surface area contributed by atoms with E-state index < -0.39 is 0 Å². The van der Waals surface area contributed by atoms with Crippen LogP contribution in [0.1, 0.15) is 29.0 Å². The highest BCUT2D eigenvalue weighted by Crippen LogP contribution is 2.36. The van der Waals surface area contributed by atoms with Crippen molar-refractivity contribution in [2.75, 3.05) is 35.8 Å². The number of alkyl halides is 2. The predicted molar refractivity (Wildman–Crippen MR) is 116 cm³/mol. The summed E-state index contributed by atoms with van der Waals surface area (Å²) in [5.41, 5.74) is 4.17. The molecule has 0 fully saturated rings. The summed E-state index contributed by atoms with van der Waals surface area (Å²) in [6, 6.07) is 14.3. The number of carbonyl (C=O) groups excluding carboxylic acids is 1. The molecule has 2 aromatic carbocycles. The highest BCUT2D eigenvalue weighted by atomic mass is 79.9. The van der Waals surface area contributed by atoms with Crippen molar-refractivity contribution in [2.45, 2.75) is 12.3 Å². The van der Waals surface area contributed by atoms with Crippen LogP contribution in [-0.4, -0.2) is 37.1 Å². The highest BCUT2D eigenvalue weighted by molar-refractivity contribution is 9.09. The lowest BCUT2D eigenvalue weighted by Gasteiger charge is -2.25. The van der Waals surface area contributed by atoms with Gasteiger partial charge in [-0.2, -0.15) is 0 Å². The Labute approximate surface area is 173 Å². The van der Waals surface area contributed by atoms with Crippen molar-refractivity contribution in [3.05, 3.63) is 66.1 Å². The standard InChI is InChI=1S/C21H24Br2NO2/c1-16-6-7-21(26-2)20(14-16)19(8-13-25)17-4-3-5-18(15-17)24(11-9-22)12-10-23/h3-7,13-15,19H,1,8-12H2,2H3. The minimum atomic E-state index is -0.0566. The molecule has 1 unspecified atom stereocenters. The molecule has 0 saturated carbocycles. The van der Waals surface area contributed by atoms with E-state index >= 15 is 0 Å². The van der Waals surface area contributed by atoms with E-state index in [-0.39, 0.29) is 5.92 Å². The van der Waals surface area contributed by atoms with Crippen molar-refractivity contribution in [3.63, 3.8) is 0 Å². The van der Waals surface area contributed by atoms with Gasteiger partial charge in [-0.1, -0.05) is 56.1 Å². The van der Waals surface area contributed by atoms with Crippen LogP contribution < -0.4 is 9.64 Å². The van der Waals surface area contributed by atoms with Gasteiger partial charge in [-0.3, -0.25) is 0 Å². The number of benzene rings is 2. The van der Waals surface area contributed by atoms with Gasteiger partial charge in [-0.05, 0) is 36.2 Å². The van der Waals surface area contributed by atoms with Crippen LogP contribution in [0, 0.1) is 6.92 Å².